The van der Waals surface area contributed by atoms with Crippen molar-refractivity contribution in [3.63, 3.8) is 0 Å². The molecule has 21 heteroatoms. The van der Waals surface area contributed by atoms with E-state index in [0.29, 0.717) is 4.57 Å². The molecule has 0 bridgehead atoms. The topological polar surface area (TPSA) is 239 Å². The van der Waals surface area contributed by atoms with Gasteiger partial charge in [0, 0.05) is 12.3 Å². The summed E-state index contributed by atoms with van der Waals surface area (Å²) in [5, 5.41) is 22.1. The third-order valence-corrected chi connectivity index (χ3v) is 8.26. The molecule has 4 heterocycles. The molecule has 1 aromatic heterocycles. The summed E-state index contributed by atoms with van der Waals surface area (Å²) in [6.07, 6.45) is -6.69. The van der Waals surface area contributed by atoms with Crippen molar-refractivity contribution < 1.29 is 75.5 Å². The molecule has 4 aliphatic rings. The van der Waals surface area contributed by atoms with Gasteiger partial charge in [-0.25, -0.2) is 32.4 Å². The number of nitrogens with one attached hydrogen (secondary N) is 1. The first kappa shape index (κ1) is 30.5. The molecule has 0 aromatic carbocycles. The summed E-state index contributed by atoms with van der Waals surface area (Å²) >= 11 is 0. The molecule has 0 spiro atoms. The number of aromatic nitrogens is 2. The lowest BCUT2D eigenvalue weighted by atomic mass is 9.94. The average Bonchev–Trinajstić information content (AvgIpc) is 3.28. The molecule has 1 saturated carbocycles. The van der Waals surface area contributed by atoms with Gasteiger partial charge < -0.3 is 43.4 Å². The lowest BCUT2D eigenvalue weighted by Crippen LogP contribution is -2.50. The predicted octanol–water partition coefficient (Wildman–Crippen LogP) is -1.19. The Morgan fingerprint density at radius 2 is 1.60 bits per heavy atom. The van der Waals surface area contributed by atoms with Gasteiger partial charge in [-0.1, -0.05) is 0 Å². The van der Waals surface area contributed by atoms with Gasteiger partial charge in [-0.3, -0.25) is 18.9 Å². The maximum absolute atomic E-state index is 15.1. The van der Waals surface area contributed by atoms with Gasteiger partial charge in [0.05, 0.1) is 33.0 Å². The minimum atomic E-state index is -4.93. The summed E-state index contributed by atoms with van der Waals surface area (Å²) in [6.45, 7) is -1.74. The van der Waals surface area contributed by atoms with Gasteiger partial charge in [-0.2, -0.15) is 0 Å². The number of aromatic amines is 1. The zero-order valence-electron chi connectivity index (χ0n) is 21.7. The Balaban J connectivity index is 1.25. The number of nitrogens with zero attached hydrogens (tertiary/aromatic N) is 1. The van der Waals surface area contributed by atoms with E-state index in [1.54, 1.807) is 0 Å². The van der Waals surface area contributed by atoms with Crippen LogP contribution in [0.2, 0.25) is 0 Å². The zero-order chi connectivity index (χ0) is 30.3. The SMILES string of the molecule is C[C@]1(O)[C@H](n2ccc(=O)[nH]c2=O)O[C@@]2(COP(=O)(OCOC(=O)OC3COC3)OCOC(=O)OC3COC3)C(F)[C@@]21O. The van der Waals surface area contributed by atoms with Crippen LogP contribution in [0.4, 0.5) is 14.0 Å². The normalized spacial score (nSPS) is 32.3. The highest BCUT2D eigenvalue weighted by molar-refractivity contribution is 7.48. The number of H-pyrrole nitrogens is 1. The highest BCUT2D eigenvalue weighted by Crippen LogP contribution is 2.69. The quantitative estimate of drug-likeness (QED) is 0.140. The largest absolute Gasteiger partial charge is 0.510 e. The molecular formula is C21H26FN2O17P. The molecular weight excluding hydrogens is 602 g/mol. The van der Waals surface area contributed by atoms with Crippen molar-refractivity contribution in [2.75, 3.05) is 46.6 Å². The molecule has 19 nitrogen and oxygen atoms in total. The molecule has 5 rings (SSSR count). The number of phosphoric ester groups is 1. The molecule has 3 N–H and O–H groups in total. The summed E-state index contributed by atoms with van der Waals surface area (Å²) < 4.78 is 78.2. The van der Waals surface area contributed by atoms with Gasteiger partial charge in [-0.05, 0) is 6.92 Å². The van der Waals surface area contributed by atoms with Crippen molar-refractivity contribution in [3.8, 4) is 0 Å². The van der Waals surface area contributed by atoms with Crippen molar-refractivity contribution in [2.24, 2.45) is 0 Å². The van der Waals surface area contributed by atoms with Gasteiger partial charge in [0.25, 0.3) is 5.56 Å². The van der Waals surface area contributed by atoms with Gasteiger partial charge in [0.15, 0.2) is 35.8 Å². The van der Waals surface area contributed by atoms with E-state index in [0.717, 1.165) is 19.2 Å². The number of carbonyl (C=O) groups is 2. The predicted molar refractivity (Wildman–Crippen MR) is 124 cm³/mol. The minimum absolute atomic E-state index is 0.145. The van der Waals surface area contributed by atoms with Gasteiger partial charge in [-0.15, -0.1) is 0 Å². The van der Waals surface area contributed by atoms with Crippen molar-refractivity contribution in [3.05, 3.63) is 33.1 Å². The van der Waals surface area contributed by atoms with Crippen molar-refractivity contribution >= 4 is 20.1 Å². The van der Waals surface area contributed by atoms with E-state index < -0.39 is 93.0 Å². The van der Waals surface area contributed by atoms with Gasteiger partial charge >= 0.3 is 25.8 Å². The van der Waals surface area contributed by atoms with Crippen LogP contribution in [0.3, 0.4) is 0 Å². The number of fused-ring (bicyclic) bond motifs is 1. The molecule has 1 aromatic rings. The molecule has 3 saturated heterocycles. The first-order chi connectivity index (χ1) is 19.8. The molecule has 0 radical (unpaired) electrons. The van der Waals surface area contributed by atoms with E-state index in [1.165, 1.54) is 0 Å². The summed E-state index contributed by atoms with van der Waals surface area (Å²) in [4.78, 5) is 49.1. The van der Waals surface area contributed by atoms with Crippen LogP contribution >= 0.6 is 7.82 Å². The van der Waals surface area contributed by atoms with Crippen LogP contribution in [0.15, 0.2) is 21.9 Å². The fourth-order valence-corrected chi connectivity index (χ4v) is 5.35. The molecule has 4 fully saturated rings. The van der Waals surface area contributed by atoms with Crippen molar-refractivity contribution in [2.45, 2.75) is 48.3 Å². The molecule has 3 aliphatic heterocycles. The number of ether oxygens (including phenoxy) is 7. The smallest absolute Gasteiger partial charge is 0.426 e. The number of halogens is 1. The first-order valence-electron chi connectivity index (χ1n) is 12.3. The Labute approximate surface area is 233 Å². The number of phosphoric acid groups is 1. The summed E-state index contributed by atoms with van der Waals surface area (Å²) in [5.41, 5.74) is -9.43. The number of hydrogen-bond donors (Lipinski definition) is 3. The van der Waals surface area contributed by atoms with Crippen LogP contribution in [-0.2, 0) is 51.3 Å². The van der Waals surface area contributed by atoms with E-state index in [4.69, 9.17) is 37.3 Å². The lowest BCUT2D eigenvalue weighted by molar-refractivity contribution is -0.160. The standard InChI is InChI=1S/C21H26FN2O17P/c1-19(29)15(24-3-2-13(25)23-16(24)26)41-20(14(22)21(19,20)30)8-36-42(31,37-9-34-17(27)39-11-4-32-5-11)38-10-35-18(28)40-12-6-33-7-12/h2-3,11-12,14-15,29-30H,4-10H2,1H3,(H,23,25,26)/t14?,15-,19+,20+,21+/m1/s1. The second-order valence-corrected chi connectivity index (χ2v) is 11.4. The average molecular weight is 628 g/mol. The van der Waals surface area contributed by atoms with Crippen LogP contribution in [0, 0.1) is 0 Å². The van der Waals surface area contributed by atoms with Crippen LogP contribution in [0.5, 0.6) is 0 Å². The number of aliphatic hydroxyl groups is 2. The Hall–Kier alpha value is -2.94. The third-order valence-electron chi connectivity index (χ3n) is 6.97. The van der Waals surface area contributed by atoms with Crippen molar-refractivity contribution in [1.29, 1.82) is 0 Å². The van der Waals surface area contributed by atoms with E-state index in [9.17, 15) is 34.0 Å². The summed E-state index contributed by atoms with van der Waals surface area (Å²) in [7, 11) is -4.93. The first-order valence-corrected chi connectivity index (χ1v) is 13.7. The number of hydrogen-bond acceptors (Lipinski definition) is 17. The highest BCUT2D eigenvalue weighted by atomic mass is 31.2. The van der Waals surface area contributed by atoms with Crippen LogP contribution in [0.1, 0.15) is 13.2 Å². The van der Waals surface area contributed by atoms with Crippen LogP contribution in [0.25, 0.3) is 0 Å². The molecule has 42 heavy (non-hydrogen) atoms. The van der Waals surface area contributed by atoms with Crippen LogP contribution in [-0.4, -0.2) is 114 Å². The van der Waals surface area contributed by atoms with E-state index >= 15 is 4.39 Å². The minimum Gasteiger partial charge on any atom is -0.426 e. The Morgan fingerprint density at radius 3 is 2.07 bits per heavy atom. The highest BCUT2D eigenvalue weighted by Gasteiger charge is 2.93. The summed E-state index contributed by atoms with van der Waals surface area (Å²) in [5.74, 6) is 0. The zero-order valence-corrected chi connectivity index (χ0v) is 22.6. The number of carbonyl (C=O) groups excluding carboxylic acids is 2. The number of alkyl halides is 1. The lowest BCUT2D eigenvalue weighted by Gasteiger charge is -2.31. The van der Waals surface area contributed by atoms with E-state index in [1.807, 2.05) is 4.98 Å². The summed E-state index contributed by atoms with van der Waals surface area (Å²) in [6, 6.07) is 0.923. The Morgan fingerprint density at radius 1 is 1.05 bits per heavy atom. The third kappa shape index (κ3) is 5.45. The second kappa shape index (κ2) is 11.3. The maximum atomic E-state index is 15.1. The fourth-order valence-electron chi connectivity index (χ4n) is 4.41. The van der Waals surface area contributed by atoms with E-state index in [2.05, 4.69) is 9.47 Å². The van der Waals surface area contributed by atoms with Gasteiger partial charge in [0.2, 0.25) is 13.6 Å². The number of rotatable bonds is 12. The Bertz CT molecular complexity index is 1320. The molecule has 1 unspecified atom stereocenters. The van der Waals surface area contributed by atoms with Gasteiger partial charge in [0.1, 0.15) is 5.60 Å². The molecule has 0 amide bonds. The Kier molecular flexibility index (Phi) is 8.20. The van der Waals surface area contributed by atoms with E-state index in [-0.39, 0.29) is 26.4 Å². The molecule has 5 atom stereocenters. The second-order valence-electron chi connectivity index (χ2n) is 9.71. The maximum Gasteiger partial charge on any atom is 0.510 e. The van der Waals surface area contributed by atoms with Crippen LogP contribution < -0.4 is 11.2 Å². The molecule has 234 valence electrons. The van der Waals surface area contributed by atoms with Crippen molar-refractivity contribution in [1.82, 2.24) is 9.55 Å². The fraction of sp³-hybridized carbons (Fsp3) is 0.714. The molecule has 1 aliphatic carbocycles. The monoisotopic (exact) mass is 628 g/mol.